The molecule has 1 N–H and O–H groups in total. The van der Waals surface area contributed by atoms with Crippen molar-refractivity contribution in [2.45, 2.75) is 37.6 Å². The van der Waals surface area contributed by atoms with Gasteiger partial charge in [-0.2, -0.15) is 0 Å². The lowest BCUT2D eigenvalue weighted by Crippen LogP contribution is -2.60. The summed E-state index contributed by atoms with van der Waals surface area (Å²) in [7, 11) is 0. The molecule has 5 heteroatoms. The van der Waals surface area contributed by atoms with Gasteiger partial charge in [-0.15, -0.1) is 0 Å². The van der Waals surface area contributed by atoms with Crippen LogP contribution in [0.5, 0.6) is 0 Å². The number of hydrogen-bond acceptors (Lipinski definition) is 4. The molecule has 3 rings (SSSR count). The lowest BCUT2D eigenvalue weighted by atomic mass is 9.93. The van der Waals surface area contributed by atoms with Crippen molar-refractivity contribution in [3.05, 3.63) is 35.9 Å². The Morgan fingerprint density at radius 3 is 2.86 bits per heavy atom. The second kappa shape index (κ2) is 6.36. The molecular weight excluding hydrogens is 282 g/mol. The first-order chi connectivity index (χ1) is 10.6. The number of carbonyl (C=O) groups is 1. The van der Waals surface area contributed by atoms with Crippen LogP contribution in [0.3, 0.4) is 0 Å². The largest absolute Gasteiger partial charge is 0.378 e. The van der Waals surface area contributed by atoms with Gasteiger partial charge in [0, 0.05) is 13.2 Å². The molecule has 1 aromatic rings. The van der Waals surface area contributed by atoms with E-state index in [4.69, 9.17) is 9.47 Å². The molecule has 2 aliphatic heterocycles. The van der Waals surface area contributed by atoms with Gasteiger partial charge in [-0.25, -0.2) is 0 Å². The molecule has 0 saturated carbocycles. The molecular formula is C17H23NO4. The Morgan fingerprint density at radius 2 is 2.18 bits per heavy atom. The lowest BCUT2D eigenvalue weighted by Gasteiger charge is -2.47. The van der Waals surface area contributed by atoms with Crippen molar-refractivity contribution in [1.82, 2.24) is 4.90 Å². The van der Waals surface area contributed by atoms with Gasteiger partial charge >= 0.3 is 0 Å². The third-order valence-corrected chi connectivity index (χ3v) is 4.35. The number of aliphatic hydroxyl groups excluding tert-OH is 1. The minimum absolute atomic E-state index is 0.0534. The van der Waals surface area contributed by atoms with Gasteiger partial charge in [-0.1, -0.05) is 30.3 Å². The highest BCUT2D eigenvalue weighted by Crippen LogP contribution is 2.31. The Kier molecular flexibility index (Phi) is 4.47. The number of hydrogen-bond donors (Lipinski definition) is 1. The van der Waals surface area contributed by atoms with Crippen LogP contribution in [-0.2, 0) is 14.3 Å². The van der Waals surface area contributed by atoms with Crippen LogP contribution >= 0.6 is 0 Å². The average molecular weight is 305 g/mol. The van der Waals surface area contributed by atoms with E-state index in [9.17, 15) is 9.90 Å². The van der Waals surface area contributed by atoms with Gasteiger partial charge in [0.05, 0.1) is 19.3 Å². The zero-order valence-electron chi connectivity index (χ0n) is 12.9. The van der Waals surface area contributed by atoms with Gasteiger partial charge in [0.15, 0.2) is 6.10 Å². The third kappa shape index (κ3) is 3.16. The zero-order chi connectivity index (χ0) is 15.6. The summed E-state index contributed by atoms with van der Waals surface area (Å²) in [5, 5.41) is 10.4. The van der Waals surface area contributed by atoms with E-state index in [0.29, 0.717) is 25.3 Å². The second-order valence-corrected chi connectivity index (χ2v) is 6.30. The Balaban J connectivity index is 1.74. The first-order valence-corrected chi connectivity index (χ1v) is 7.87. The standard InChI is InChI=1S/C17H23NO4/c1-13-10-18(11-17(22-13)8-5-9-21-12-17)16(20)15(19)14-6-3-2-4-7-14/h2-4,6-7,13,15,19H,5,8-12H2,1H3/t13-,15+,17+/m1/s1. The van der Waals surface area contributed by atoms with E-state index in [0.717, 1.165) is 19.4 Å². The van der Waals surface area contributed by atoms with Crippen LogP contribution in [0.25, 0.3) is 0 Å². The Bertz CT molecular complexity index is 513. The number of morpholine rings is 1. The van der Waals surface area contributed by atoms with Gasteiger partial charge in [-0.3, -0.25) is 4.79 Å². The number of rotatable bonds is 2. The maximum Gasteiger partial charge on any atom is 0.256 e. The fourth-order valence-electron chi connectivity index (χ4n) is 3.39. The van der Waals surface area contributed by atoms with E-state index in [-0.39, 0.29) is 12.0 Å². The minimum atomic E-state index is -1.12. The number of amides is 1. The maximum atomic E-state index is 12.6. The molecule has 0 aromatic heterocycles. The lowest BCUT2D eigenvalue weighted by molar-refractivity contribution is -0.202. The van der Waals surface area contributed by atoms with Gasteiger partial charge < -0.3 is 19.5 Å². The molecule has 1 aromatic carbocycles. The van der Waals surface area contributed by atoms with Gasteiger partial charge in [0.25, 0.3) is 5.91 Å². The van der Waals surface area contributed by atoms with Crippen molar-refractivity contribution in [2.24, 2.45) is 0 Å². The molecule has 120 valence electrons. The Hall–Kier alpha value is -1.43. The molecule has 2 fully saturated rings. The predicted octanol–water partition coefficient (Wildman–Crippen LogP) is 1.52. The molecule has 0 aliphatic carbocycles. The quantitative estimate of drug-likeness (QED) is 0.900. The summed E-state index contributed by atoms with van der Waals surface area (Å²) in [6, 6.07) is 9.05. The van der Waals surface area contributed by atoms with Crippen LogP contribution < -0.4 is 0 Å². The van der Waals surface area contributed by atoms with E-state index >= 15 is 0 Å². The molecule has 3 atom stereocenters. The molecule has 22 heavy (non-hydrogen) atoms. The van der Waals surface area contributed by atoms with Crippen molar-refractivity contribution >= 4 is 5.91 Å². The summed E-state index contributed by atoms with van der Waals surface area (Å²) >= 11 is 0. The predicted molar refractivity (Wildman–Crippen MR) is 81.3 cm³/mol. The molecule has 1 amide bonds. The smallest absolute Gasteiger partial charge is 0.256 e. The Morgan fingerprint density at radius 1 is 1.41 bits per heavy atom. The third-order valence-electron chi connectivity index (χ3n) is 4.35. The molecule has 0 bridgehead atoms. The first kappa shape index (κ1) is 15.5. The van der Waals surface area contributed by atoms with E-state index in [1.807, 2.05) is 25.1 Å². The molecule has 2 heterocycles. The van der Waals surface area contributed by atoms with Crippen LogP contribution in [0.2, 0.25) is 0 Å². The second-order valence-electron chi connectivity index (χ2n) is 6.30. The highest BCUT2D eigenvalue weighted by molar-refractivity contribution is 5.82. The topological polar surface area (TPSA) is 59.0 Å². The number of benzene rings is 1. The summed E-state index contributed by atoms with van der Waals surface area (Å²) in [4.78, 5) is 14.4. The van der Waals surface area contributed by atoms with E-state index < -0.39 is 11.7 Å². The Labute approximate surface area is 130 Å². The number of nitrogens with zero attached hydrogens (tertiary/aromatic N) is 1. The molecule has 5 nitrogen and oxygen atoms in total. The maximum absolute atomic E-state index is 12.6. The van der Waals surface area contributed by atoms with Crippen molar-refractivity contribution < 1.29 is 19.4 Å². The van der Waals surface area contributed by atoms with Crippen LogP contribution in [0.1, 0.15) is 31.4 Å². The molecule has 2 saturated heterocycles. The van der Waals surface area contributed by atoms with Crippen molar-refractivity contribution in [2.75, 3.05) is 26.3 Å². The SMILES string of the molecule is C[C@@H]1CN(C(=O)[C@@H](O)c2ccccc2)C[C@]2(CCCOC2)O1. The fourth-order valence-corrected chi connectivity index (χ4v) is 3.39. The monoisotopic (exact) mass is 305 g/mol. The van der Waals surface area contributed by atoms with E-state index in [2.05, 4.69) is 0 Å². The van der Waals surface area contributed by atoms with Gasteiger partial charge in [0.2, 0.25) is 0 Å². The number of ether oxygens (including phenoxy) is 2. The summed E-state index contributed by atoms with van der Waals surface area (Å²) in [5.74, 6) is -0.258. The molecule has 0 unspecified atom stereocenters. The minimum Gasteiger partial charge on any atom is -0.378 e. The highest BCUT2D eigenvalue weighted by Gasteiger charge is 2.43. The molecule has 2 aliphatic rings. The van der Waals surface area contributed by atoms with Crippen LogP contribution in [0, 0.1) is 0 Å². The van der Waals surface area contributed by atoms with Crippen molar-refractivity contribution in [3.63, 3.8) is 0 Å². The summed E-state index contributed by atoms with van der Waals surface area (Å²) < 4.78 is 11.6. The average Bonchev–Trinajstić information content (AvgIpc) is 2.54. The number of carbonyl (C=O) groups excluding carboxylic acids is 1. The first-order valence-electron chi connectivity index (χ1n) is 7.87. The van der Waals surface area contributed by atoms with Crippen molar-refractivity contribution in [1.29, 1.82) is 0 Å². The normalized spacial score (nSPS) is 30.3. The molecule has 1 spiro atoms. The van der Waals surface area contributed by atoms with E-state index in [1.165, 1.54) is 0 Å². The highest BCUT2D eigenvalue weighted by atomic mass is 16.6. The van der Waals surface area contributed by atoms with E-state index in [1.54, 1.807) is 17.0 Å². The van der Waals surface area contributed by atoms with Crippen LogP contribution in [-0.4, -0.2) is 53.9 Å². The van der Waals surface area contributed by atoms with Crippen molar-refractivity contribution in [3.8, 4) is 0 Å². The fraction of sp³-hybridized carbons (Fsp3) is 0.588. The van der Waals surface area contributed by atoms with Crippen LogP contribution in [0.4, 0.5) is 0 Å². The summed E-state index contributed by atoms with van der Waals surface area (Å²) in [5.41, 5.74) is 0.211. The number of aliphatic hydroxyl groups is 1. The van der Waals surface area contributed by atoms with Gasteiger partial charge in [0.1, 0.15) is 5.60 Å². The van der Waals surface area contributed by atoms with Crippen LogP contribution in [0.15, 0.2) is 30.3 Å². The van der Waals surface area contributed by atoms with Gasteiger partial charge in [-0.05, 0) is 25.3 Å². The summed E-state index contributed by atoms with van der Waals surface area (Å²) in [6.45, 7) is 4.22. The zero-order valence-corrected chi connectivity index (χ0v) is 12.9. The molecule has 0 radical (unpaired) electrons. The summed E-state index contributed by atoms with van der Waals surface area (Å²) in [6.07, 6.45) is 0.661.